The normalized spacial score (nSPS) is 17.2. The number of nitrogens with one attached hydrogen (secondary N) is 2. The van der Waals surface area contributed by atoms with Crippen LogP contribution in [-0.4, -0.2) is 23.1 Å². The molecular weight excluding hydrogens is 286 g/mol. The Morgan fingerprint density at radius 1 is 1.26 bits per heavy atom. The van der Waals surface area contributed by atoms with E-state index in [0.717, 1.165) is 30.1 Å². The van der Waals surface area contributed by atoms with E-state index >= 15 is 0 Å². The second-order valence-corrected chi connectivity index (χ2v) is 6.00. The van der Waals surface area contributed by atoms with Gasteiger partial charge in [-0.1, -0.05) is 6.07 Å². The lowest BCUT2D eigenvalue weighted by atomic mass is 9.97. The number of aromatic nitrogens is 2. The van der Waals surface area contributed by atoms with Gasteiger partial charge in [0.1, 0.15) is 5.75 Å². The summed E-state index contributed by atoms with van der Waals surface area (Å²) in [6.07, 6.45) is 1.02. The first-order valence-corrected chi connectivity index (χ1v) is 8.20. The molecule has 3 heterocycles. The van der Waals surface area contributed by atoms with Crippen molar-refractivity contribution >= 4 is 10.9 Å². The van der Waals surface area contributed by atoms with Crippen molar-refractivity contribution in [1.82, 2.24) is 15.3 Å². The van der Waals surface area contributed by atoms with Gasteiger partial charge in [0.25, 0.3) is 0 Å². The SMILES string of the molecule is CCOc1ccc2[nH]c3c(c2c1)CCNC3c1cccc(C)n1. The highest BCUT2D eigenvalue weighted by Crippen LogP contribution is 2.34. The molecule has 3 aromatic rings. The Morgan fingerprint density at radius 2 is 2.17 bits per heavy atom. The van der Waals surface area contributed by atoms with E-state index in [1.807, 2.05) is 26.0 Å². The fourth-order valence-corrected chi connectivity index (χ4v) is 3.44. The molecule has 2 N–H and O–H groups in total. The molecule has 4 rings (SSSR count). The van der Waals surface area contributed by atoms with E-state index in [2.05, 4.69) is 34.6 Å². The molecule has 0 saturated heterocycles. The highest BCUT2D eigenvalue weighted by Gasteiger charge is 2.26. The van der Waals surface area contributed by atoms with Crippen LogP contribution in [0, 0.1) is 6.92 Å². The number of hydrogen-bond donors (Lipinski definition) is 2. The molecule has 1 aliphatic rings. The lowest BCUT2D eigenvalue weighted by Crippen LogP contribution is -2.31. The highest BCUT2D eigenvalue weighted by atomic mass is 16.5. The van der Waals surface area contributed by atoms with Crippen molar-refractivity contribution in [2.24, 2.45) is 0 Å². The summed E-state index contributed by atoms with van der Waals surface area (Å²) in [7, 11) is 0. The molecule has 1 unspecified atom stereocenters. The van der Waals surface area contributed by atoms with Crippen LogP contribution in [0.2, 0.25) is 0 Å². The largest absolute Gasteiger partial charge is 0.494 e. The Morgan fingerprint density at radius 3 is 3.00 bits per heavy atom. The first-order chi connectivity index (χ1) is 11.3. The third-order valence-corrected chi connectivity index (χ3v) is 4.44. The number of aromatic amines is 1. The molecule has 23 heavy (non-hydrogen) atoms. The minimum Gasteiger partial charge on any atom is -0.494 e. The molecule has 0 fully saturated rings. The van der Waals surface area contributed by atoms with Gasteiger partial charge in [-0.25, -0.2) is 0 Å². The first-order valence-electron chi connectivity index (χ1n) is 8.20. The van der Waals surface area contributed by atoms with Crippen molar-refractivity contribution in [3.63, 3.8) is 0 Å². The van der Waals surface area contributed by atoms with Crippen LogP contribution in [0.5, 0.6) is 5.75 Å². The molecule has 0 radical (unpaired) electrons. The number of H-pyrrole nitrogens is 1. The topological polar surface area (TPSA) is 49.9 Å². The lowest BCUT2D eigenvalue weighted by molar-refractivity contribution is 0.340. The summed E-state index contributed by atoms with van der Waals surface area (Å²) in [4.78, 5) is 8.30. The number of rotatable bonds is 3. The van der Waals surface area contributed by atoms with Gasteiger partial charge < -0.3 is 15.0 Å². The Kier molecular flexibility index (Phi) is 3.54. The molecule has 1 aliphatic heterocycles. The van der Waals surface area contributed by atoms with Crippen molar-refractivity contribution in [3.8, 4) is 5.75 Å². The van der Waals surface area contributed by atoms with Gasteiger partial charge in [-0.15, -0.1) is 0 Å². The lowest BCUT2D eigenvalue weighted by Gasteiger charge is -2.24. The van der Waals surface area contributed by atoms with Crippen LogP contribution >= 0.6 is 0 Å². The highest BCUT2D eigenvalue weighted by molar-refractivity contribution is 5.86. The van der Waals surface area contributed by atoms with Crippen LogP contribution in [0.25, 0.3) is 10.9 Å². The molecule has 1 atom stereocenters. The van der Waals surface area contributed by atoms with Gasteiger partial charge >= 0.3 is 0 Å². The summed E-state index contributed by atoms with van der Waals surface area (Å²) in [5, 5.41) is 4.86. The monoisotopic (exact) mass is 307 g/mol. The maximum atomic E-state index is 5.66. The molecule has 2 aromatic heterocycles. The average molecular weight is 307 g/mol. The number of benzene rings is 1. The van der Waals surface area contributed by atoms with E-state index in [0.29, 0.717) is 6.61 Å². The third-order valence-electron chi connectivity index (χ3n) is 4.44. The maximum Gasteiger partial charge on any atom is 0.120 e. The van der Waals surface area contributed by atoms with Crippen LogP contribution in [0.4, 0.5) is 0 Å². The van der Waals surface area contributed by atoms with Gasteiger partial charge in [0, 0.05) is 28.8 Å². The Bertz CT molecular complexity index is 853. The second-order valence-electron chi connectivity index (χ2n) is 6.00. The van der Waals surface area contributed by atoms with Crippen LogP contribution in [0.15, 0.2) is 36.4 Å². The van der Waals surface area contributed by atoms with E-state index < -0.39 is 0 Å². The van der Waals surface area contributed by atoms with Gasteiger partial charge in [0.2, 0.25) is 0 Å². The van der Waals surface area contributed by atoms with Crippen LogP contribution in [0.3, 0.4) is 0 Å². The zero-order chi connectivity index (χ0) is 15.8. The van der Waals surface area contributed by atoms with Gasteiger partial charge in [0.05, 0.1) is 18.3 Å². The number of nitrogens with zero attached hydrogens (tertiary/aromatic N) is 1. The summed E-state index contributed by atoms with van der Waals surface area (Å²) in [5.74, 6) is 0.936. The van der Waals surface area contributed by atoms with E-state index in [4.69, 9.17) is 9.72 Å². The summed E-state index contributed by atoms with van der Waals surface area (Å²) in [5.41, 5.74) is 5.90. The fourth-order valence-electron chi connectivity index (χ4n) is 3.44. The summed E-state index contributed by atoms with van der Waals surface area (Å²) >= 11 is 0. The molecule has 0 amide bonds. The molecule has 1 aromatic carbocycles. The number of fused-ring (bicyclic) bond motifs is 3. The minimum absolute atomic E-state index is 0.126. The van der Waals surface area contributed by atoms with E-state index in [1.54, 1.807) is 0 Å². The van der Waals surface area contributed by atoms with Gasteiger partial charge in [-0.3, -0.25) is 4.98 Å². The van der Waals surface area contributed by atoms with E-state index in [9.17, 15) is 0 Å². The molecule has 4 heteroatoms. The minimum atomic E-state index is 0.126. The molecule has 0 aliphatic carbocycles. The Balaban J connectivity index is 1.83. The molecule has 0 saturated carbocycles. The van der Waals surface area contributed by atoms with Gasteiger partial charge in [0.15, 0.2) is 0 Å². The molecule has 118 valence electrons. The number of pyridine rings is 1. The second kappa shape index (κ2) is 5.70. The van der Waals surface area contributed by atoms with Crippen molar-refractivity contribution in [1.29, 1.82) is 0 Å². The van der Waals surface area contributed by atoms with Crippen molar-refractivity contribution in [2.75, 3.05) is 13.2 Å². The zero-order valence-corrected chi connectivity index (χ0v) is 13.5. The van der Waals surface area contributed by atoms with Crippen molar-refractivity contribution < 1.29 is 4.74 Å². The molecule has 0 spiro atoms. The van der Waals surface area contributed by atoms with Gasteiger partial charge in [-0.2, -0.15) is 0 Å². The summed E-state index contributed by atoms with van der Waals surface area (Å²) in [6.45, 7) is 5.70. The number of hydrogen-bond acceptors (Lipinski definition) is 3. The zero-order valence-electron chi connectivity index (χ0n) is 13.5. The van der Waals surface area contributed by atoms with Crippen molar-refractivity contribution in [2.45, 2.75) is 26.3 Å². The third kappa shape index (κ3) is 2.49. The van der Waals surface area contributed by atoms with E-state index in [1.165, 1.54) is 22.2 Å². The number of ether oxygens (including phenoxy) is 1. The number of aryl methyl sites for hydroxylation is 1. The van der Waals surface area contributed by atoms with Crippen molar-refractivity contribution in [3.05, 3.63) is 59.0 Å². The van der Waals surface area contributed by atoms with E-state index in [-0.39, 0.29) is 6.04 Å². The van der Waals surface area contributed by atoms with Gasteiger partial charge in [-0.05, 0) is 56.2 Å². The quantitative estimate of drug-likeness (QED) is 0.778. The maximum absolute atomic E-state index is 5.66. The smallest absolute Gasteiger partial charge is 0.120 e. The average Bonchev–Trinajstić information content (AvgIpc) is 2.93. The predicted octanol–water partition coefficient (Wildman–Crippen LogP) is 3.51. The van der Waals surface area contributed by atoms with Crippen LogP contribution < -0.4 is 10.1 Å². The molecule has 4 nitrogen and oxygen atoms in total. The first kappa shape index (κ1) is 14.3. The predicted molar refractivity (Wildman–Crippen MR) is 92.0 cm³/mol. The fraction of sp³-hybridized carbons (Fsp3) is 0.316. The molecular formula is C19H21N3O. The van der Waals surface area contributed by atoms with Crippen LogP contribution in [0.1, 0.15) is 35.6 Å². The van der Waals surface area contributed by atoms with Crippen LogP contribution in [-0.2, 0) is 6.42 Å². The summed E-state index contributed by atoms with van der Waals surface area (Å²) < 4.78 is 5.66. The Hall–Kier alpha value is -2.33. The Labute approximate surface area is 135 Å². The molecule has 0 bridgehead atoms. The summed E-state index contributed by atoms with van der Waals surface area (Å²) in [6, 6.07) is 12.6. The standard InChI is InChI=1S/C19H21N3O/c1-3-23-13-7-8-16-15(11-13)14-9-10-20-19(18(14)22-16)17-6-4-5-12(2)21-17/h4-8,11,19-20,22H,3,9-10H2,1-2H3.